The van der Waals surface area contributed by atoms with Crippen LogP contribution >= 0.6 is 0 Å². The summed E-state index contributed by atoms with van der Waals surface area (Å²) in [4.78, 5) is 2.27. The summed E-state index contributed by atoms with van der Waals surface area (Å²) in [5.74, 6) is 1.96. The third-order valence-corrected chi connectivity index (χ3v) is 4.57. The van der Waals surface area contributed by atoms with E-state index in [1.807, 2.05) is 6.92 Å². The van der Waals surface area contributed by atoms with Crippen molar-refractivity contribution in [2.45, 2.75) is 52.1 Å². The molecule has 1 aliphatic heterocycles. The van der Waals surface area contributed by atoms with Gasteiger partial charge in [0.2, 0.25) is 10.0 Å². The summed E-state index contributed by atoms with van der Waals surface area (Å²) < 4.78 is 31.1. The highest BCUT2D eigenvalue weighted by Crippen LogP contribution is 2.28. The van der Waals surface area contributed by atoms with E-state index in [1.165, 1.54) is 11.8 Å². The van der Waals surface area contributed by atoms with Crippen molar-refractivity contribution >= 4 is 10.0 Å². The molecule has 0 aromatic carbocycles. The molecule has 1 N–H and O–H groups in total. The molecule has 2 heterocycles. The lowest BCUT2D eigenvalue weighted by Gasteiger charge is -2.16. The number of nitrogens with one attached hydrogen (secondary N) is 1. The summed E-state index contributed by atoms with van der Waals surface area (Å²) in [5, 5.41) is 0. The highest BCUT2D eigenvalue weighted by molar-refractivity contribution is 7.88. The first kappa shape index (κ1) is 16.5. The lowest BCUT2D eigenvalue weighted by molar-refractivity contribution is 0.321. The monoisotopic (exact) mass is 314 g/mol. The van der Waals surface area contributed by atoms with Gasteiger partial charge in [-0.05, 0) is 19.4 Å². The number of hydrogen-bond acceptors (Lipinski definition) is 4. The fourth-order valence-electron chi connectivity index (χ4n) is 2.66. The van der Waals surface area contributed by atoms with Crippen molar-refractivity contribution in [3.8, 4) is 0 Å². The zero-order valence-corrected chi connectivity index (χ0v) is 14.4. The Morgan fingerprint density at radius 3 is 2.62 bits per heavy atom. The van der Waals surface area contributed by atoms with Crippen LogP contribution in [0.2, 0.25) is 0 Å². The molecule has 1 fully saturated rings. The van der Waals surface area contributed by atoms with Crippen LogP contribution in [0.25, 0.3) is 0 Å². The first-order valence-corrected chi connectivity index (χ1v) is 9.23. The molecule has 120 valence electrons. The lowest BCUT2D eigenvalue weighted by Crippen LogP contribution is -2.36. The van der Waals surface area contributed by atoms with Gasteiger partial charge < -0.3 is 4.42 Å². The number of rotatable bonds is 4. The average Bonchev–Trinajstić information content (AvgIpc) is 2.84. The summed E-state index contributed by atoms with van der Waals surface area (Å²) >= 11 is 0. The number of likely N-dealkylation sites (tertiary alicyclic amines) is 1. The Morgan fingerprint density at radius 1 is 1.43 bits per heavy atom. The first-order valence-electron chi connectivity index (χ1n) is 7.34. The van der Waals surface area contributed by atoms with Crippen molar-refractivity contribution in [1.82, 2.24) is 9.62 Å². The molecule has 1 saturated heterocycles. The van der Waals surface area contributed by atoms with Gasteiger partial charge in [0, 0.05) is 36.7 Å². The van der Waals surface area contributed by atoms with E-state index in [0.29, 0.717) is 0 Å². The number of sulfonamides is 1. The summed E-state index contributed by atoms with van der Waals surface area (Å²) in [6.45, 7) is 10.9. The molecule has 0 spiro atoms. The van der Waals surface area contributed by atoms with Crippen molar-refractivity contribution in [1.29, 1.82) is 0 Å². The molecule has 0 radical (unpaired) electrons. The molecule has 0 unspecified atom stereocenters. The Hall–Kier alpha value is -0.850. The number of nitrogens with zero attached hydrogens (tertiary/aromatic N) is 1. The number of furan rings is 1. The maximum Gasteiger partial charge on any atom is 0.208 e. The van der Waals surface area contributed by atoms with Crippen molar-refractivity contribution in [2.24, 2.45) is 0 Å². The Balaban J connectivity index is 1.99. The van der Waals surface area contributed by atoms with Gasteiger partial charge in [0.1, 0.15) is 11.5 Å². The molecular weight excluding hydrogens is 288 g/mol. The van der Waals surface area contributed by atoms with Gasteiger partial charge in [-0.2, -0.15) is 0 Å². The van der Waals surface area contributed by atoms with E-state index in [0.717, 1.165) is 37.6 Å². The van der Waals surface area contributed by atoms with Gasteiger partial charge in [0.15, 0.2) is 0 Å². The zero-order chi connectivity index (χ0) is 15.8. The standard InChI is InChI=1S/C15H26N2O3S/c1-11-12(8-14(20-11)15(2,3)4)9-17-7-6-13(10-17)16-21(5,18)19/h8,13,16H,6-7,9-10H2,1-5H3/t13-/m0/s1. The molecule has 0 amide bonds. The molecular formula is C15H26N2O3S. The van der Waals surface area contributed by atoms with Gasteiger partial charge in [-0.1, -0.05) is 20.8 Å². The smallest absolute Gasteiger partial charge is 0.208 e. The fraction of sp³-hybridized carbons (Fsp3) is 0.733. The minimum atomic E-state index is -3.12. The van der Waals surface area contributed by atoms with E-state index in [9.17, 15) is 8.42 Å². The van der Waals surface area contributed by atoms with Gasteiger partial charge >= 0.3 is 0 Å². The minimum absolute atomic E-state index is 0.00833. The Labute approximate surface area is 127 Å². The van der Waals surface area contributed by atoms with Crippen LogP contribution in [0.5, 0.6) is 0 Å². The minimum Gasteiger partial charge on any atom is -0.465 e. The van der Waals surface area contributed by atoms with Crippen molar-refractivity contribution in [2.75, 3.05) is 19.3 Å². The second kappa shape index (κ2) is 5.74. The second-order valence-corrected chi connectivity index (χ2v) is 8.83. The highest BCUT2D eigenvalue weighted by Gasteiger charge is 2.26. The predicted molar refractivity (Wildman–Crippen MR) is 83.8 cm³/mol. The van der Waals surface area contributed by atoms with Crippen LogP contribution in [0, 0.1) is 6.92 Å². The second-order valence-electron chi connectivity index (χ2n) is 7.05. The molecule has 1 atom stereocenters. The van der Waals surface area contributed by atoms with E-state index < -0.39 is 10.0 Å². The third-order valence-electron chi connectivity index (χ3n) is 3.81. The molecule has 6 heteroatoms. The molecule has 5 nitrogen and oxygen atoms in total. The van der Waals surface area contributed by atoms with Gasteiger partial charge in [-0.3, -0.25) is 4.90 Å². The van der Waals surface area contributed by atoms with Crippen LogP contribution in [-0.4, -0.2) is 38.7 Å². The topological polar surface area (TPSA) is 62.6 Å². The normalized spacial score (nSPS) is 21.1. The molecule has 1 aliphatic rings. The molecule has 2 rings (SSSR count). The van der Waals surface area contributed by atoms with E-state index in [-0.39, 0.29) is 11.5 Å². The van der Waals surface area contributed by atoms with Crippen molar-refractivity contribution < 1.29 is 12.8 Å². The summed E-state index contributed by atoms with van der Waals surface area (Å²) in [6.07, 6.45) is 2.07. The van der Waals surface area contributed by atoms with Crippen LogP contribution in [0.4, 0.5) is 0 Å². The van der Waals surface area contributed by atoms with E-state index in [4.69, 9.17) is 4.42 Å². The quantitative estimate of drug-likeness (QED) is 0.923. The molecule has 1 aromatic rings. The van der Waals surface area contributed by atoms with E-state index in [1.54, 1.807) is 0 Å². The fourth-order valence-corrected chi connectivity index (χ4v) is 3.46. The molecule has 21 heavy (non-hydrogen) atoms. The maximum absolute atomic E-state index is 11.3. The first-order chi connectivity index (χ1) is 9.54. The molecule has 0 saturated carbocycles. The zero-order valence-electron chi connectivity index (χ0n) is 13.6. The van der Waals surface area contributed by atoms with Crippen molar-refractivity contribution in [3.63, 3.8) is 0 Å². The van der Waals surface area contributed by atoms with Gasteiger partial charge in [-0.25, -0.2) is 13.1 Å². The largest absolute Gasteiger partial charge is 0.465 e. The van der Waals surface area contributed by atoms with Gasteiger partial charge in [0.25, 0.3) is 0 Å². The van der Waals surface area contributed by atoms with Crippen molar-refractivity contribution in [3.05, 3.63) is 23.2 Å². The summed E-state index contributed by atoms with van der Waals surface area (Å²) in [7, 11) is -3.12. The van der Waals surface area contributed by atoms with Gasteiger partial charge in [0.05, 0.1) is 6.26 Å². The van der Waals surface area contributed by atoms with Crippen LogP contribution in [0.3, 0.4) is 0 Å². The van der Waals surface area contributed by atoms with Crippen LogP contribution < -0.4 is 4.72 Å². The van der Waals surface area contributed by atoms with E-state index >= 15 is 0 Å². The Bertz CT molecular complexity index is 599. The summed E-state index contributed by atoms with van der Waals surface area (Å²) in [5.41, 5.74) is 1.20. The van der Waals surface area contributed by atoms with Crippen LogP contribution in [0.15, 0.2) is 10.5 Å². The molecule has 1 aromatic heterocycles. The molecule has 0 aliphatic carbocycles. The van der Waals surface area contributed by atoms with Crippen LogP contribution in [-0.2, 0) is 22.0 Å². The highest BCUT2D eigenvalue weighted by atomic mass is 32.2. The summed E-state index contributed by atoms with van der Waals surface area (Å²) in [6, 6.07) is 2.15. The average molecular weight is 314 g/mol. The van der Waals surface area contributed by atoms with Crippen LogP contribution in [0.1, 0.15) is 44.3 Å². The SMILES string of the molecule is Cc1oc(C(C)(C)C)cc1CN1CC[C@H](NS(C)(=O)=O)C1. The maximum atomic E-state index is 11.3. The number of aryl methyl sites for hydroxylation is 1. The number of hydrogen-bond donors (Lipinski definition) is 1. The third kappa shape index (κ3) is 4.56. The van der Waals surface area contributed by atoms with Gasteiger partial charge in [-0.15, -0.1) is 0 Å². The lowest BCUT2D eigenvalue weighted by atomic mass is 9.93. The molecule has 0 bridgehead atoms. The Morgan fingerprint density at radius 2 is 2.10 bits per heavy atom. The Kier molecular flexibility index (Phi) is 4.52. The predicted octanol–water partition coefficient (Wildman–Crippen LogP) is 2.01. The van der Waals surface area contributed by atoms with E-state index in [2.05, 4.69) is 36.5 Å².